The van der Waals surface area contributed by atoms with Crippen molar-refractivity contribution in [2.75, 3.05) is 32.8 Å². The van der Waals surface area contributed by atoms with Gasteiger partial charge in [-0.05, 0) is 74.9 Å². The van der Waals surface area contributed by atoms with Crippen LogP contribution >= 0.6 is 0 Å². The third-order valence-electron chi connectivity index (χ3n) is 5.80. The molecule has 0 amide bonds. The van der Waals surface area contributed by atoms with E-state index in [2.05, 4.69) is 35.9 Å². The van der Waals surface area contributed by atoms with Gasteiger partial charge in [-0.15, -0.1) is 0 Å². The fourth-order valence-electron chi connectivity index (χ4n) is 4.37. The van der Waals surface area contributed by atoms with Crippen LogP contribution in [0.15, 0.2) is 18.3 Å². The fraction of sp³-hybridized carbons (Fsp3) is 0.600. The molecule has 0 atom stereocenters. The first kappa shape index (κ1) is 16.1. The van der Waals surface area contributed by atoms with Gasteiger partial charge in [-0.3, -0.25) is 4.90 Å². The predicted octanol–water partition coefficient (Wildman–Crippen LogP) is 3.78. The molecule has 4 rings (SSSR count). The number of aromatic amines is 1. The highest BCUT2D eigenvalue weighted by Gasteiger charge is 2.40. The Morgan fingerprint density at radius 3 is 2.67 bits per heavy atom. The van der Waals surface area contributed by atoms with Crippen LogP contribution < -0.4 is 0 Å². The minimum atomic E-state index is -1.09. The Balaban J connectivity index is 1.41. The first-order chi connectivity index (χ1) is 11.5. The van der Waals surface area contributed by atoms with Crippen molar-refractivity contribution in [1.82, 2.24) is 9.88 Å². The number of aromatic nitrogens is 1. The molecule has 0 radical (unpaired) electrons. The third-order valence-corrected chi connectivity index (χ3v) is 5.80. The molecule has 130 valence electrons. The van der Waals surface area contributed by atoms with E-state index in [1.165, 1.54) is 27.6 Å². The van der Waals surface area contributed by atoms with Crippen molar-refractivity contribution in [3.05, 3.63) is 35.0 Å². The van der Waals surface area contributed by atoms with Gasteiger partial charge in [-0.2, -0.15) is 0 Å². The minimum absolute atomic E-state index is 0.279. The smallest absolute Gasteiger partial charge is 0.169 e. The summed E-state index contributed by atoms with van der Waals surface area (Å²) in [5, 5.41) is 1.38. The molecule has 1 aromatic heterocycles. The largest absolute Gasteiger partial charge is 0.375 e. The highest BCUT2D eigenvalue weighted by Crippen LogP contribution is 2.31. The topological polar surface area (TPSA) is 28.3 Å². The molecule has 0 aliphatic carbocycles. The van der Waals surface area contributed by atoms with Gasteiger partial charge >= 0.3 is 0 Å². The first-order valence-corrected chi connectivity index (χ1v) is 9.09. The molecule has 0 unspecified atom stereocenters. The predicted molar refractivity (Wildman–Crippen MR) is 95.3 cm³/mol. The second-order valence-corrected chi connectivity index (χ2v) is 7.82. The molecule has 3 heterocycles. The number of hydrogen-bond donors (Lipinski definition) is 1. The zero-order valence-corrected chi connectivity index (χ0v) is 14.7. The lowest BCUT2D eigenvalue weighted by molar-refractivity contribution is -0.143. The zero-order chi connectivity index (χ0) is 16.7. The number of nitrogens with one attached hydrogen (secondary N) is 1. The summed E-state index contributed by atoms with van der Waals surface area (Å²) in [4.78, 5) is 5.66. The summed E-state index contributed by atoms with van der Waals surface area (Å²) < 4.78 is 19.2. The van der Waals surface area contributed by atoms with E-state index in [0.717, 1.165) is 32.4 Å². The average molecular weight is 330 g/mol. The molecule has 24 heavy (non-hydrogen) atoms. The Morgan fingerprint density at radius 1 is 1.25 bits per heavy atom. The van der Waals surface area contributed by atoms with Crippen molar-refractivity contribution in [2.45, 2.75) is 38.8 Å². The molecule has 1 N–H and O–H groups in total. The summed E-state index contributed by atoms with van der Waals surface area (Å²) in [6.45, 7) is 7.53. The normalized spacial score (nSPS) is 22.0. The average Bonchev–Trinajstić information content (AvgIpc) is 3.01. The Morgan fingerprint density at radius 2 is 2.00 bits per heavy atom. The second-order valence-electron chi connectivity index (χ2n) is 7.82. The van der Waals surface area contributed by atoms with Gasteiger partial charge in [0, 0.05) is 23.6 Å². The number of ether oxygens (including phenoxy) is 1. The Hall–Kier alpha value is -1.39. The van der Waals surface area contributed by atoms with E-state index in [-0.39, 0.29) is 13.2 Å². The molecule has 1 aromatic carbocycles. The number of fused-ring (bicyclic) bond motifs is 1. The molecule has 2 aromatic rings. The number of H-pyrrole nitrogens is 1. The van der Waals surface area contributed by atoms with Crippen LogP contribution in [0.3, 0.4) is 0 Å². The van der Waals surface area contributed by atoms with Crippen molar-refractivity contribution < 1.29 is 9.13 Å². The zero-order valence-electron chi connectivity index (χ0n) is 14.7. The van der Waals surface area contributed by atoms with Gasteiger partial charge in [-0.25, -0.2) is 4.39 Å². The molecule has 2 saturated heterocycles. The third kappa shape index (κ3) is 2.98. The number of hydrogen-bond acceptors (Lipinski definition) is 2. The van der Waals surface area contributed by atoms with Crippen LogP contribution in [0, 0.1) is 19.8 Å². The van der Waals surface area contributed by atoms with Crippen LogP contribution in [0.25, 0.3) is 10.9 Å². The van der Waals surface area contributed by atoms with E-state index in [9.17, 15) is 4.39 Å². The van der Waals surface area contributed by atoms with E-state index in [1.807, 2.05) is 6.20 Å². The highest BCUT2D eigenvalue weighted by atomic mass is 19.1. The van der Waals surface area contributed by atoms with Crippen LogP contribution in [-0.4, -0.2) is 48.4 Å². The van der Waals surface area contributed by atoms with Gasteiger partial charge in [0.2, 0.25) is 0 Å². The van der Waals surface area contributed by atoms with Gasteiger partial charge < -0.3 is 9.72 Å². The van der Waals surface area contributed by atoms with Crippen molar-refractivity contribution >= 4 is 10.9 Å². The SMILES string of the molecule is Cc1cc(C)c2[nH]ccc2c1CC1CCN(CC2(F)COC2)CC1. The second kappa shape index (κ2) is 6.16. The monoisotopic (exact) mass is 330 g/mol. The summed E-state index contributed by atoms with van der Waals surface area (Å²) in [7, 11) is 0. The summed E-state index contributed by atoms with van der Waals surface area (Å²) in [6.07, 6.45) is 5.51. The van der Waals surface area contributed by atoms with Crippen LogP contribution in [-0.2, 0) is 11.2 Å². The lowest BCUT2D eigenvalue weighted by Gasteiger charge is -2.40. The summed E-state index contributed by atoms with van der Waals surface area (Å²) in [6, 6.07) is 4.51. The number of aryl methyl sites for hydroxylation is 2. The Kier molecular flexibility index (Phi) is 4.13. The number of alkyl halides is 1. The molecular formula is C20H27FN2O. The number of benzene rings is 1. The van der Waals surface area contributed by atoms with Gasteiger partial charge in [0.05, 0.1) is 13.2 Å². The molecule has 0 bridgehead atoms. The standard InChI is InChI=1S/C20H27FN2O/c1-14-9-15(2)19-17(3-6-22-19)18(14)10-16-4-7-23(8-5-16)11-20(21)12-24-13-20/h3,6,9,16,22H,4-5,7-8,10-13H2,1-2H3. The molecule has 2 aliphatic rings. The number of rotatable bonds is 4. The van der Waals surface area contributed by atoms with Crippen molar-refractivity contribution in [3.8, 4) is 0 Å². The van der Waals surface area contributed by atoms with Crippen molar-refractivity contribution in [2.24, 2.45) is 5.92 Å². The number of nitrogens with zero attached hydrogens (tertiary/aromatic N) is 1. The van der Waals surface area contributed by atoms with Crippen LogP contribution in [0.4, 0.5) is 4.39 Å². The maximum atomic E-state index is 14.2. The summed E-state index contributed by atoms with van der Waals surface area (Å²) in [5.74, 6) is 0.703. The van der Waals surface area contributed by atoms with E-state index in [1.54, 1.807) is 0 Å². The van der Waals surface area contributed by atoms with Gasteiger partial charge in [0.1, 0.15) is 0 Å². The molecule has 2 aliphatic heterocycles. The molecule has 3 nitrogen and oxygen atoms in total. The van der Waals surface area contributed by atoms with Crippen molar-refractivity contribution in [1.29, 1.82) is 0 Å². The first-order valence-electron chi connectivity index (χ1n) is 9.09. The molecular weight excluding hydrogens is 303 g/mol. The Bertz CT molecular complexity index is 727. The minimum Gasteiger partial charge on any atom is -0.375 e. The molecule has 0 saturated carbocycles. The lowest BCUT2D eigenvalue weighted by Crippen LogP contribution is -2.54. The number of piperidine rings is 1. The quantitative estimate of drug-likeness (QED) is 0.924. The van der Waals surface area contributed by atoms with E-state index < -0.39 is 5.67 Å². The van der Waals surface area contributed by atoms with Gasteiger partial charge in [-0.1, -0.05) is 6.07 Å². The van der Waals surface area contributed by atoms with Crippen LogP contribution in [0.1, 0.15) is 29.5 Å². The number of likely N-dealkylation sites (tertiary alicyclic amines) is 1. The molecule has 4 heteroatoms. The summed E-state index contributed by atoms with van der Waals surface area (Å²) >= 11 is 0. The lowest BCUT2D eigenvalue weighted by atomic mass is 9.86. The van der Waals surface area contributed by atoms with Crippen molar-refractivity contribution in [3.63, 3.8) is 0 Å². The number of halogens is 1. The van der Waals surface area contributed by atoms with Gasteiger partial charge in [0.15, 0.2) is 5.67 Å². The van der Waals surface area contributed by atoms with E-state index >= 15 is 0 Å². The Labute approximate surface area is 143 Å². The van der Waals surface area contributed by atoms with Crippen LogP contribution in [0.5, 0.6) is 0 Å². The molecule has 0 spiro atoms. The molecule has 2 fully saturated rings. The van der Waals surface area contributed by atoms with Crippen LogP contribution in [0.2, 0.25) is 0 Å². The fourth-order valence-corrected chi connectivity index (χ4v) is 4.37. The van der Waals surface area contributed by atoms with E-state index in [4.69, 9.17) is 4.74 Å². The van der Waals surface area contributed by atoms with Gasteiger partial charge in [0.25, 0.3) is 0 Å². The highest BCUT2D eigenvalue weighted by molar-refractivity contribution is 5.87. The van der Waals surface area contributed by atoms with E-state index in [0.29, 0.717) is 12.5 Å². The maximum absolute atomic E-state index is 14.2. The maximum Gasteiger partial charge on any atom is 0.169 e. The summed E-state index contributed by atoms with van der Waals surface area (Å²) in [5.41, 5.74) is 4.40.